The minimum absolute atomic E-state index is 0.0697. The number of anilines is 1. The second kappa shape index (κ2) is 6.57. The highest BCUT2D eigenvalue weighted by molar-refractivity contribution is 5.92. The van der Waals surface area contributed by atoms with Gasteiger partial charge in [-0.1, -0.05) is 13.0 Å². The van der Waals surface area contributed by atoms with Crippen molar-refractivity contribution in [2.75, 3.05) is 25.5 Å². The van der Waals surface area contributed by atoms with E-state index in [0.29, 0.717) is 12.3 Å². The molecule has 19 heavy (non-hydrogen) atoms. The van der Waals surface area contributed by atoms with Crippen molar-refractivity contribution in [3.05, 3.63) is 23.8 Å². The summed E-state index contributed by atoms with van der Waals surface area (Å²) >= 11 is 0. The largest absolute Gasteiger partial charge is 0.495 e. The zero-order valence-corrected chi connectivity index (χ0v) is 11.7. The number of ether oxygens (including phenoxy) is 1. The number of aryl methyl sites for hydroxylation is 1. The predicted octanol–water partition coefficient (Wildman–Crippen LogP) is 2.20. The van der Waals surface area contributed by atoms with E-state index in [2.05, 4.69) is 17.6 Å². The van der Waals surface area contributed by atoms with E-state index in [9.17, 15) is 4.79 Å². The smallest absolute Gasteiger partial charge is 0.224 e. The summed E-state index contributed by atoms with van der Waals surface area (Å²) in [4.78, 5) is 12.0. The molecule has 104 valence electrons. The van der Waals surface area contributed by atoms with Gasteiger partial charge in [0.2, 0.25) is 5.91 Å². The van der Waals surface area contributed by atoms with E-state index < -0.39 is 0 Å². The minimum atomic E-state index is 0.0697. The van der Waals surface area contributed by atoms with Crippen LogP contribution < -0.4 is 15.4 Å². The minimum Gasteiger partial charge on any atom is -0.495 e. The van der Waals surface area contributed by atoms with E-state index in [0.717, 1.165) is 37.4 Å². The molecule has 0 spiro atoms. The molecule has 1 aromatic rings. The highest BCUT2D eigenvalue weighted by Crippen LogP contribution is 2.26. The van der Waals surface area contributed by atoms with E-state index >= 15 is 0 Å². The van der Waals surface area contributed by atoms with Crippen LogP contribution in [0.1, 0.15) is 25.3 Å². The van der Waals surface area contributed by atoms with Gasteiger partial charge in [0.1, 0.15) is 5.75 Å². The van der Waals surface area contributed by atoms with Crippen molar-refractivity contribution in [2.24, 2.45) is 5.92 Å². The summed E-state index contributed by atoms with van der Waals surface area (Å²) in [6.45, 7) is 4.06. The maximum atomic E-state index is 12.0. The third kappa shape index (κ3) is 3.70. The molecule has 4 heteroatoms. The summed E-state index contributed by atoms with van der Waals surface area (Å²) in [6, 6.07) is 5.92. The maximum Gasteiger partial charge on any atom is 0.224 e. The maximum absolute atomic E-state index is 12.0. The first-order valence-electron chi connectivity index (χ1n) is 6.90. The van der Waals surface area contributed by atoms with Crippen LogP contribution in [-0.2, 0) is 11.2 Å². The first kappa shape index (κ1) is 13.9. The molecule has 0 radical (unpaired) electrons. The van der Waals surface area contributed by atoms with E-state index in [1.807, 2.05) is 18.2 Å². The third-order valence-electron chi connectivity index (χ3n) is 3.58. The van der Waals surface area contributed by atoms with Gasteiger partial charge < -0.3 is 15.4 Å². The van der Waals surface area contributed by atoms with Crippen molar-refractivity contribution >= 4 is 11.6 Å². The Morgan fingerprint density at radius 1 is 1.53 bits per heavy atom. The molecule has 1 saturated heterocycles. The summed E-state index contributed by atoms with van der Waals surface area (Å²) in [5.74, 6) is 1.25. The van der Waals surface area contributed by atoms with Gasteiger partial charge in [-0.25, -0.2) is 0 Å². The number of carbonyl (C=O) groups excluding carboxylic acids is 1. The van der Waals surface area contributed by atoms with Crippen molar-refractivity contribution in [1.29, 1.82) is 0 Å². The second-order valence-electron chi connectivity index (χ2n) is 5.00. The van der Waals surface area contributed by atoms with Crippen LogP contribution in [0.4, 0.5) is 5.69 Å². The van der Waals surface area contributed by atoms with Crippen molar-refractivity contribution in [3.63, 3.8) is 0 Å². The molecule has 1 amide bonds. The van der Waals surface area contributed by atoms with Crippen LogP contribution in [0.25, 0.3) is 0 Å². The molecule has 4 nitrogen and oxygen atoms in total. The summed E-state index contributed by atoms with van der Waals surface area (Å²) in [7, 11) is 1.62. The summed E-state index contributed by atoms with van der Waals surface area (Å²) in [5, 5.41) is 6.25. The van der Waals surface area contributed by atoms with Crippen LogP contribution in [0.5, 0.6) is 5.75 Å². The zero-order chi connectivity index (χ0) is 13.7. The molecule has 0 saturated carbocycles. The highest BCUT2D eigenvalue weighted by Gasteiger charge is 2.18. The molecular weight excluding hydrogens is 240 g/mol. The van der Waals surface area contributed by atoms with E-state index in [1.54, 1.807) is 7.11 Å². The molecule has 2 rings (SSSR count). The van der Waals surface area contributed by atoms with E-state index in [4.69, 9.17) is 4.74 Å². The number of carbonyl (C=O) groups is 1. The van der Waals surface area contributed by atoms with Crippen molar-refractivity contribution in [3.8, 4) is 5.75 Å². The summed E-state index contributed by atoms with van der Waals surface area (Å²) in [5.41, 5.74) is 1.97. The molecule has 0 aliphatic carbocycles. The van der Waals surface area contributed by atoms with Crippen LogP contribution in [0.15, 0.2) is 18.2 Å². The Hall–Kier alpha value is -1.55. The number of hydrogen-bond donors (Lipinski definition) is 2. The van der Waals surface area contributed by atoms with Crippen LogP contribution in [0.2, 0.25) is 0 Å². The standard InChI is InChI=1S/C15H22N2O2/c1-3-11-4-5-14(19-2)13(8-11)17-15(18)9-12-6-7-16-10-12/h4-5,8,12,16H,3,6-7,9-10H2,1-2H3,(H,17,18). The fourth-order valence-corrected chi connectivity index (χ4v) is 2.42. The predicted molar refractivity (Wildman–Crippen MR) is 76.6 cm³/mol. The number of rotatable bonds is 5. The van der Waals surface area contributed by atoms with Gasteiger partial charge >= 0.3 is 0 Å². The molecule has 1 aliphatic heterocycles. The van der Waals surface area contributed by atoms with Gasteiger partial charge in [0, 0.05) is 6.42 Å². The van der Waals surface area contributed by atoms with Gasteiger partial charge in [0.25, 0.3) is 0 Å². The molecule has 0 bridgehead atoms. The Labute approximate surface area is 114 Å². The highest BCUT2D eigenvalue weighted by atomic mass is 16.5. The fourth-order valence-electron chi connectivity index (χ4n) is 2.42. The Kier molecular flexibility index (Phi) is 4.80. The second-order valence-corrected chi connectivity index (χ2v) is 5.00. The van der Waals surface area contributed by atoms with Gasteiger partial charge in [-0.15, -0.1) is 0 Å². The molecule has 1 heterocycles. The van der Waals surface area contributed by atoms with Gasteiger partial charge in [0.15, 0.2) is 0 Å². The molecule has 1 aromatic carbocycles. The average Bonchev–Trinajstić information content (AvgIpc) is 2.91. The van der Waals surface area contributed by atoms with Gasteiger partial charge in [0.05, 0.1) is 12.8 Å². The Morgan fingerprint density at radius 2 is 2.37 bits per heavy atom. The fraction of sp³-hybridized carbons (Fsp3) is 0.533. The monoisotopic (exact) mass is 262 g/mol. The lowest BCUT2D eigenvalue weighted by molar-refractivity contribution is -0.117. The van der Waals surface area contributed by atoms with Crippen LogP contribution >= 0.6 is 0 Å². The lowest BCUT2D eigenvalue weighted by atomic mass is 10.0. The Balaban J connectivity index is 2.01. The third-order valence-corrected chi connectivity index (χ3v) is 3.58. The van der Waals surface area contributed by atoms with Crippen LogP contribution in [0, 0.1) is 5.92 Å². The van der Waals surface area contributed by atoms with Crippen molar-refractivity contribution < 1.29 is 9.53 Å². The number of methoxy groups -OCH3 is 1. The van der Waals surface area contributed by atoms with Gasteiger partial charge in [-0.2, -0.15) is 0 Å². The molecule has 1 unspecified atom stereocenters. The molecule has 0 aromatic heterocycles. The molecule has 1 aliphatic rings. The molecule has 1 atom stereocenters. The number of hydrogen-bond acceptors (Lipinski definition) is 3. The average molecular weight is 262 g/mol. The zero-order valence-electron chi connectivity index (χ0n) is 11.7. The SMILES string of the molecule is CCc1ccc(OC)c(NC(=O)CC2CCNC2)c1. The van der Waals surface area contributed by atoms with Crippen molar-refractivity contribution in [1.82, 2.24) is 5.32 Å². The first-order chi connectivity index (χ1) is 9.22. The lowest BCUT2D eigenvalue weighted by Gasteiger charge is -2.13. The van der Waals surface area contributed by atoms with Gasteiger partial charge in [-0.3, -0.25) is 4.79 Å². The number of nitrogens with one attached hydrogen (secondary N) is 2. The lowest BCUT2D eigenvalue weighted by Crippen LogP contribution is -2.18. The summed E-state index contributed by atoms with van der Waals surface area (Å²) in [6.07, 6.45) is 2.60. The number of amides is 1. The van der Waals surface area contributed by atoms with E-state index in [-0.39, 0.29) is 5.91 Å². The normalized spacial score (nSPS) is 18.3. The van der Waals surface area contributed by atoms with Crippen molar-refractivity contribution in [2.45, 2.75) is 26.2 Å². The number of benzene rings is 1. The topological polar surface area (TPSA) is 50.4 Å². The Morgan fingerprint density at radius 3 is 3.00 bits per heavy atom. The van der Waals surface area contributed by atoms with Gasteiger partial charge in [-0.05, 0) is 49.5 Å². The molecular formula is C15H22N2O2. The summed E-state index contributed by atoms with van der Waals surface area (Å²) < 4.78 is 5.29. The molecule has 1 fully saturated rings. The Bertz CT molecular complexity index is 440. The van der Waals surface area contributed by atoms with Crippen LogP contribution in [0.3, 0.4) is 0 Å². The van der Waals surface area contributed by atoms with E-state index in [1.165, 1.54) is 5.56 Å². The molecule has 2 N–H and O–H groups in total. The quantitative estimate of drug-likeness (QED) is 0.855. The first-order valence-corrected chi connectivity index (χ1v) is 6.90. The van der Waals surface area contributed by atoms with Crippen LogP contribution in [-0.4, -0.2) is 26.1 Å².